The van der Waals surface area contributed by atoms with Crippen molar-refractivity contribution in [2.75, 3.05) is 0 Å². The van der Waals surface area contributed by atoms with Gasteiger partial charge in [0.25, 0.3) is 5.82 Å². The predicted octanol–water partition coefficient (Wildman–Crippen LogP) is 5.34. The quantitative estimate of drug-likeness (QED) is 0.573. The number of aryl methyl sites for hydroxylation is 1. The van der Waals surface area contributed by atoms with Crippen LogP contribution >= 0.6 is 0 Å². The van der Waals surface area contributed by atoms with Crippen molar-refractivity contribution in [3.05, 3.63) is 77.4 Å². The standard InChI is InChI=1S/C23H27N2/c1-17-11-7-10-16-22(17)25-19(3)18(2)24(21-14-5-4-6-15-21)23(25)20-12-8-9-13-20/h4-7,10-11,14-16,20H,8-9,12-13H2,1-3H3/q+1. The van der Waals surface area contributed by atoms with Crippen LogP contribution in [0.25, 0.3) is 11.4 Å². The van der Waals surface area contributed by atoms with Crippen molar-refractivity contribution in [1.29, 1.82) is 0 Å². The highest BCUT2D eigenvalue weighted by molar-refractivity contribution is 5.39. The van der Waals surface area contributed by atoms with Crippen molar-refractivity contribution in [3.63, 3.8) is 0 Å². The van der Waals surface area contributed by atoms with Gasteiger partial charge in [-0.3, -0.25) is 0 Å². The lowest BCUT2D eigenvalue weighted by Crippen LogP contribution is -2.39. The fourth-order valence-corrected chi connectivity index (χ4v) is 4.34. The van der Waals surface area contributed by atoms with Crippen LogP contribution in [0.15, 0.2) is 54.6 Å². The van der Waals surface area contributed by atoms with Gasteiger partial charge in [-0.1, -0.05) is 49.2 Å². The Kier molecular flexibility index (Phi) is 4.20. The molecule has 0 amide bonds. The van der Waals surface area contributed by atoms with E-state index in [9.17, 15) is 0 Å². The number of benzene rings is 2. The topological polar surface area (TPSA) is 8.81 Å². The zero-order chi connectivity index (χ0) is 17.4. The van der Waals surface area contributed by atoms with E-state index in [4.69, 9.17) is 0 Å². The van der Waals surface area contributed by atoms with Crippen LogP contribution in [-0.2, 0) is 0 Å². The molecule has 0 spiro atoms. The Morgan fingerprint density at radius 2 is 1.48 bits per heavy atom. The lowest BCUT2D eigenvalue weighted by Gasteiger charge is -2.12. The van der Waals surface area contributed by atoms with Gasteiger partial charge in [-0.05, 0) is 43.5 Å². The van der Waals surface area contributed by atoms with Gasteiger partial charge >= 0.3 is 0 Å². The summed E-state index contributed by atoms with van der Waals surface area (Å²) in [5.41, 5.74) is 6.62. The van der Waals surface area contributed by atoms with Crippen LogP contribution in [-0.4, -0.2) is 4.57 Å². The second kappa shape index (κ2) is 6.51. The van der Waals surface area contributed by atoms with Crippen LogP contribution < -0.4 is 4.57 Å². The summed E-state index contributed by atoms with van der Waals surface area (Å²) in [6.07, 6.45) is 5.27. The highest BCUT2D eigenvalue weighted by Crippen LogP contribution is 2.36. The molecule has 2 aromatic carbocycles. The van der Waals surface area contributed by atoms with Crippen molar-refractivity contribution in [2.45, 2.75) is 52.4 Å². The molecule has 4 rings (SSSR count). The second-order valence-corrected chi connectivity index (χ2v) is 7.30. The average Bonchev–Trinajstić information content (AvgIpc) is 3.24. The molecule has 1 aliphatic carbocycles. The number of para-hydroxylation sites is 2. The monoisotopic (exact) mass is 331 g/mol. The molecule has 0 atom stereocenters. The van der Waals surface area contributed by atoms with E-state index in [1.807, 2.05) is 0 Å². The van der Waals surface area contributed by atoms with Crippen LogP contribution in [0.2, 0.25) is 0 Å². The third-order valence-electron chi connectivity index (χ3n) is 5.74. The Morgan fingerprint density at radius 3 is 2.16 bits per heavy atom. The molecule has 2 nitrogen and oxygen atoms in total. The van der Waals surface area contributed by atoms with Crippen LogP contribution in [0.5, 0.6) is 0 Å². The smallest absolute Gasteiger partial charge is 0.196 e. The van der Waals surface area contributed by atoms with Gasteiger partial charge in [0.2, 0.25) is 0 Å². The minimum atomic E-state index is 0.632. The molecule has 128 valence electrons. The van der Waals surface area contributed by atoms with Gasteiger partial charge in [0.1, 0.15) is 22.8 Å². The lowest BCUT2D eigenvalue weighted by molar-refractivity contribution is -0.612. The Bertz CT molecular complexity index is 884. The molecule has 1 aliphatic rings. The first-order valence-electron chi connectivity index (χ1n) is 9.43. The Morgan fingerprint density at radius 1 is 0.840 bits per heavy atom. The second-order valence-electron chi connectivity index (χ2n) is 7.30. The fraction of sp³-hybridized carbons (Fsp3) is 0.348. The third kappa shape index (κ3) is 2.70. The van der Waals surface area contributed by atoms with Gasteiger partial charge in [0.15, 0.2) is 0 Å². The zero-order valence-corrected chi connectivity index (χ0v) is 15.5. The Hall–Kier alpha value is -2.35. The van der Waals surface area contributed by atoms with E-state index in [0.717, 1.165) is 0 Å². The minimum absolute atomic E-state index is 0.632. The Labute approximate surface area is 150 Å². The summed E-state index contributed by atoms with van der Waals surface area (Å²) in [5, 5.41) is 0. The maximum Gasteiger partial charge on any atom is 0.270 e. The van der Waals surface area contributed by atoms with E-state index >= 15 is 0 Å². The molecule has 0 bridgehead atoms. The molecule has 0 N–H and O–H groups in total. The summed E-state index contributed by atoms with van der Waals surface area (Å²) in [5.74, 6) is 2.08. The van der Waals surface area contributed by atoms with Gasteiger partial charge in [0, 0.05) is 13.8 Å². The number of aromatic nitrogens is 2. The largest absolute Gasteiger partial charge is 0.270 e. The first kappa shape index (κ1) is 16.1. The molecule has 3 aromatic rings. The predicted molar refractivity (Wildman–Crippen MR) is 103 cm³/mol. The van der Waals surface area contributed by atoms with E-state index in [1.165, 1.54) is 59.8 Å². The average molecular weight is 331 g/mol. The molecule has 2 heteroatoms. The SMILES string of the molecule is Cc1ccccc1-[n+]1c(C)c(C)n(-c2ccccc2)c1C1CCCC1. The van der Waals surface area contributed by atoms with Gasteiger partial charge in [-0.15, -0.1) is 0 Å². The van der Waals surface area contributed by atoms with E-state index in [0.29, 0.717) is 5.92 Å². The third-order valence-corrected chi connectivity index (χ3v) is 5.74. The fourth-order valence-electron chi connectivity index (χ4n) is 4.34. The lowest BCUT2D eigenvalue weighted by atomic mass is 10.1. The molecule has 1 aromatic heterocycles. The van der Waals surface area contributed by atoms with E-state index in [1.54, 1.807) is 0 Å². The molecule has 25 heavy (non-hydrogen) atoms. The normalized spacial score (nSPS) is 15.0. The van der Waals surface area contributed by atoms with Crippen molar-refractivity contribution in [1.82, 2.24) is 4.57 Å². The summed E-state index contributed by atoms with van der Waals surface area (Å²) in [6.45, 7) is 6.74. The van der Waals surface area contributed by atoms with Crippen molar-refractivity contribution < 1.29 is 4.57 Å². The molecule has 0 aliphatic heterocycles. The maximum absolute atomic E-state index is 2.52. The van der Waals surface area contributed by atoms with E-state index < -0.39 is 0 Å². The van der Waals surface area contributed by atoms with Crippen LogP contribution in [0.4, 0.5) is 0 Å². The molecule has 1 fully saturated rings. The summed E-state index contributed by atoms with van der Waals surface area (Å²) in [4.78, 5) is 0. The summed E-state index contributed by atoms with van der Waals surface area (Å²) < 4.78 is 5.02. The highest BCUT2D eigenvalue weighted by atomic mass is 15.2. The van der Waals surface area contributed by atoms with Gasteiger partial charge in [-0.25, -0.2) is 0 Å². The zero-order valence-electron chi connectivity index (χ0n) is 15.5. The molecule has 1 saturated carbocycles. The van der Waals surface area contributed by atoms with Crippen molar-refractivity contribution in [2.24, 2.45) is 0 Å². The molecule has 1 heterocycles. The first-order chi connectivity index (χ1) is 12.2. The number of hydrogen-bond donors (Lipinski definition) is 0. The summed E-state index contributed by atoms with van der Waals surface area (Å²) in [7, 11) is 0. The molecule has 0 unspecified atom stereocenters. The van der Waals surface area contributed by atoms with Gasteiger partial charge < -0.3 is 0 Å². The van der Waals surface area contributed by atoms with Gasteiger partial charge in [-0.2, -0.15) is 9.13 Å². The van der Waals surface area contributed by atoms with Crippen molar-refractivity contribution >= 4 is 0 Å². The highest BCUT2D eigenvalue weighted by Gasteiger charge is 2.35. The number of rotatable bonds is 3. The molecular formula is C23H27N2+. The van der Waals surface area contributed by atoms with Crippen LogP contribution in [0.3, 0.4) is 0 Å². The van der Waals surface area contributed by atoms with Crippen LogP contribution in [0, 0.1) is 20.8 Å². The maximum atomic E-state index is 2.52. The van der Waals surface area contributed by atoms with Gasteiger partial charge in [0.05, 0.1) is 5.92 Å². The molecular weight excluding hydrogens is 304 g/mol. The number of imidazole rings is 1. The first-order valence-corrected chi connectivity index (χ1v) is 9.43. The summed E-state index contributed by atoms with van der Waals surface area (Å²) >= 11 is 0. The van der Waals surface area contributed by atoms with E-state index in [-0.39, 0.29) is 0 Å². The Balaban J connectivity index is 2.03. The molecule has 0 saturated heterocycles. The summed E-state index contributed by atoms with van der Waals surface area (Å²) in [6, 6.07) is 19.6. The number of nitrogens with zero attached hydrogens (tertiary/aromatic N) is 2. The molecule has 0 radical (unpaired) electrons. The minimum Gasteiger partial charge on any atom is -0.196 e. The number of hydrogen-bond acceptors (Lipinski definition) is 0. The van der Waals surface area contributed by atoms with Crippen LogP contribution in [0.1, 0.15) is 54.4 Å². The van der Waals surface area contributed by atoms with Crippen molar-refractivity contribution in [3.8, 4) is 11.4 Å². The van der Waals surface area contributed by atoms with E-state index in [2.05, 4.69) is 84.5 Å².